The fraction of sp³-hybridized carbons (Fsp3) is 0.917. The van der Waals surface area contributed by atoms with E-state index in [1.165, 1.54) is 0 Å². The Morgan fingerprint density at radius 3 is 2.81 bits per heavy atom. The van der Waals surface area contributed by atoms with Gasteiger partial charge in [0.05, 0.1) is 11.9 Å². The predicted octanol–water partition coefficient (Wildman–Crippen LogP) is 1.36. The van der Waals surface area contributed by atoms with E-state index in [4.69, 9.17) is 0 Å². The summed E-state index contributed by atoms with van der Waals surface area (Å²) in [4.78, 5) is 13.9. The van der Waals surface area contributed by atoms with E-state index in [1.54, 1.807) is 11.8 Å². The molecule has 0 radical (unpaired) electrons. The van der Waals surface area contributed by atoms with Crippen LogP contribution in [0.1, 0.15) is 26.7 Å². The molecule has 1 saturated heterocycles. The molecule has 0 spiro atoms. The lowest BCUT2D eigenvalue weighted by atomic mass is 10.00. The molecule has 0 aromatic rings. The van der Waals surface area contributed by atoms with Gasteiger partial charge in [-0.15, -0.1) is 11.8 Å². The highest BCUT2D eigenvalue weighted by molar-refractivity contribution is 8.00. The summed E-state index contributed by atoms with van der Waals surface area (Å²) in [5.74, 6) is 1.75. The lowest BCUT2D eigenvalue weighted by Gasteiger charge is -2.18. The van der Waals surface area contributed by atoms with Crippen molar-refractivity contribution in [3.05, 3.63) is 0 Å². The first-order chi connectivity index (χ1) is 7.58. The van der Waals surface area contributed by atoms with Gasteiger partial charge in [0, 0.05) is 19.0 Å². The molecule has 3 atom stereocenters. The number of hydrogen-bond donors (Lipinski definition) is 1. The smallest absolute Gasteiger partial charge is 0.232 e. The number of aliphatic hydroxyl groups excluding tert-OH is 1. The van der Waals surface area contributed by atoms with E-state index in [9.17, 15) is 9.90 Å². The standard InChI is InChI=1S/C12H21NO2S/c1-8(2)16-7-12(15)13-5-9-3-4-11(14)10(9)6-13/h8-11,14H,3-7H2,1-2H3. The van der Waals surface area contributed by atoms with E-state index >= 15 is 0 Å². The molecule has 3 unspecified atom stereocenters. The molecule has 1 aliphatic carbocycles. The van der Waals surface area contributed by atoms with E-state index in [2.05, 4.69) is 13.8 Å². The van der Waals surface area contributed by atoms with Gasteiger partial charge in [0.1, 0.15) is 0 Å². The van der Waals surface area contributed by atoms with Crippen molar-refractivity contribution >= 4 is 17.7 Å². The SMILES string of the molecule is CC(C)SCC(=O)N1CC2CCC(O)C2C1. The van der Waals surface area contributed by atoms with E-state index in [1.807, 2.05) is 4.90 Å². The Balaban J connectivity index is 1.82. The van der Waals surface area contributed by atoms with Crippen LogP contribution in [0.2, 0.25) is 0 Å². The molecule has 1 N–H and O–H groups in total. The quantitative estimate of drug-likeness (QED) is 0.813. The van der Waals surface area contributed by atoms with Crippen LogP contribution in [0.15, 0.2) is 0 Å². The van der Waals surface area contributed by atoms with Crippen molar-refractivity contribution in [2.45, 2.75) is 38.0 Å². The second-order valence-corrected chi connectivity index (χ2v) is 6.79. The molecule has 0 aromatic carbocycles. The van der Waals surface area contributed by atoms with Crippen LogP contribution in [0.5, 0.6) is 0 Å². The zero-order chi connectivity index (χ0) is 11.7. The minimum absolute atomic E-state index is 0.166. The molecule has 4 heteroatoms. The number of nitrogens with zero attached hydrogens (tertiary/aromatic N) is 1. The van der Waals surface area contributed by atoms with Crippen LogP contribution in [0, 0.1) is 11.8 Å². The third-order valence-electron chi connectivity index (χ3n) is 3.71. The van der Waals surface area contributed by atoms with Crippen molar-refractivity contribution in [1.29, 1.82) is 0 Å². The van der Waals surface area contributed by atoms with E-state index in [0.29, 0.717) is 22.8 Å². The average molecular weight is 243 g/mol. The average Bonchev–Trinajstić information content (AvgIpc) is 2.78. The third kappa shape index (κ3) is 2.54. The Morgan fingerprint density at radius 2 is 2.19 bits per heavy atom. The van der Waals surface area contributed by atoms with Crippen molar-refractivity contribution < 1.29 is 9.90 Å². The lowest BCUT2D eigenvalue weighted by molar-refractivity contribution is -0.127. The first kappa shape index (κ1) is 12.2. The van der Waals surface area contributed by atoms with Gasteiger partial charge in [-0.05, 0) is 24.0 Å². The minimum Gasteiger partial charge on any atom is -0.393 e. The summed E-state index contributed by atoms with van der Waals surface area (Å²) < 4.78 is 0. The zero-order valence-corrected chi connectivity index (χ0v) is 10.9. The van der Waals surface area contributed by atoms with E-state index < -0.39 is 0 Å². The van der Waals surface area contributed by atoms with Crippen LogP contribution >= 0.6 is 11.8 Å². The molecule has 3 nitrogen and oxygen atoms in total. The summed E-state index contributed by atoms with van der Waals surface area (Å²) in [7, 11) is 0. The molecule has 1 heterocycles. The van der Waals surface area contributed by atoms with Crippen LogP contribution in [0.25, 0.3) is 0 Å². The number of carbonyl (C=O) groups excluding carboxylic acids is 1. The molecule has 0 aromatic heterocycles. The Kier molecular flexibility index (Phi) is 3.80. The minimum atomic E-state index is -0.166. The Morgan fingerprint density at radius 1 is 1.44 bits per heavy atom. The Labute approximate surface area is 102 Å². The maximum atomic E-state index is 11.9. The number of thioether (sulfide) groups is 1. The molecular weight excluding hydrogens is 222 g/mol. The molecule has 1 amide bonds. The number of amides is 1. The van der Waals surface area contributed by atoms with Gasteiger partial charge >= 0.3 is 0 Å². The summed E-state index contributed by atoms with van der Waals surface area (Å²) in [6, 6.07) is 0. The van der Waals surface area contributed by atoms with Crippen molar-refractivity contribution in [2.24, 2.45) is 11.8 Å². The van der Waals surface area contributed by atoms with Crippen molar-refractivity contribution in [3.8, 4) is 0 Å². The van der Waals surface area contributed by atoms with Crippen molar-refractivity contribution in [1.82, 2.24) is 4.90 Å². The Hall–Kier alpha value is -0.220. The number of rotatable bonds is 3. The van der Waals surface area contributed by atoms with Gasteiger partial charge in [-0.3, -0.25) is 4.79 Å². The van der Waals surface area contributed by atoms with Crippen LogP contribution in [0.4, 0.5) is 0 Å². The van der Waals surface area contributed by atoms with E-state index in [-0.39, 0.29) is 12.0 Å². The third-order valence-corrected chi connectivity index (χ3v) is 4.79. The normalized spacial score (nSPS) is 33.5. The van der Waals surface area contributed by atoms with Crippen LogP contribution in [-0.4, -0.2) is 46.1 Å². The van der Waals surface area contributed by atoms with Gasteiger partial charge in [0.25, 0.3) is 0 Å². The molecule has 2 rings (SSSR count). The van der Waals surface area contributed by atoms with Crippen molar-refractivity contribution in [3.63, 3.8) is 0 Å². The second kappa shape index (κ2) is 4.96. The highest BCUT2D eigenvalue weighted by atomic mass is 32.2. The largest absolute Gasteiger partial charge is 0.393 e. The fourth-order valence-electron chi connectivity index (χ4n) is 2.77. The monoisotopic (exact) mass is 243 g/mol. The summed E-state index contributed by atoms with van der Waals surface area (Å²) >= 11 is 1.70. The number of carbonyl (C=O) groups is 1. The molecule has 1 aliphatic heterocycles. The maximum absolute atomic E-state index is 11.9. The summed E-state index contributed by atoms with van der Waals surface area (Å²) in [6.07, 6.45) is 1.85. The molecule has 1 saturated carbocycles. The van der Waals surface area contributed by atoms with E-state index in [0.717, 1.165) is 25.9 Å². The Bertz CT molecular complexity index is 270. The van der Waals surface area contributed by atoms with Gasteiger partial charge < -0.3 is 10.0 Å². The summed E-state index contributed by atoms with van der Waals surface area (Å²) in [6.45, 7) is 5.88. The molecule has 0 bridgehead atoms. The number of hydrogen-bond acceptors (Lipinski definition) is 3. The first-order valence-electron chi connectivity index (χ1n) is 6.15. The van der Waals surface area contributed by atoms with Crippen LogP contribution in [0.3, 0.4) is 0 Å². The second-order valence-electron chi connectivity index (χ2n) is 5.23. The lowest BCUT2D eigenvalue weighted by Crippen LogP contribution is -2.32. The van der Waals surface area contributed by atoms with Gasteiger partial charge in [-0.25, -0.2) is 0 Å². The highest BCUT2D eigenvalue weighted by Gasteiger charge is 2.43. The molecule has 92 valence electrons. The molecular formula is C12H21NO2S. The fourth-order valence-corrected chi connectivity index (χ4v) is 3.43. The highest BCUT2D eigenvalue weighted by Crippen LogP contribution is 2.38. The van der Waals surface area contributed by atoms with Gasteiger partial charge in [-0.2, -0.15) is 0 Å². The van der Waals surface area contributed by atoms with Gasteiger partial charge in [-0.1, -0.05) is 13.8 Å². The van der Waals surface area contributed by atoms with Gasteiger partial charge in [0.2, 0.25) is 5.91 Å². The maximum Gasteiger partial charge on any atom is 0.232 e. The topological polar surface area (TPSA) is 40.5 Å². The number of fused-ring (bicyclic) bond motifs is 1. The summed E-state index contributed by atoms with van der Waals surface area (Å²) in [5.41, 5.74) is 0. The predicted molar refractivity (Wildman–Crippen MR) is 66.4 cm³/mol. The first-order valence-corrected chi connectivity index (χ1v) is 7.20. The number of aliphatic hydroxyl groups is 1. The molecule has 2 aliphatic rings. The number of likely N-dealkylation sites (tertiary alicyclic amines) is 1. The molecule has 2 fully saturated rings. The van der Waals surface area contributed by atoms with Crippen molar-refractivity contribution in [2.75, 3.05) is 18.8 Å². The molecule has 16 heavy (non-hydrogen) atoms. The summed E-state index contributed by atoms with van der Waals surface area (Å²) in [5, 5.41) is 10.3. The van der Waals surface area contributed by atoms with Gasteiger partial charge in [0.15, 0.2) is 0 Å². The van der Waals surface area contributed by atoms with Crippen LogP contribution < -0.4 is 0 Å². The zero-order valence-electron chi connectivity index (χ0n) is 10.1. The van der Waals surface area contributed by atoms with Crippen LogP contribution in [-0.2, 0) is 4.79 Å².